The molecule has 0 aliphatic heterocycles. The van der Waals surface area contributed by atoms with Crippen LogP contribution in [0, 0.1) is 13.8 Å². The van der Waals surface area contributed by atoms with E-state index < -0.39 is 24.3 Å². The lowest BCUT2D eigenvalue weighted by Crippen LogP contribution is -2.41. The Kier molecular flexibility index (Phi) is 8.96. The van der Waals surface area contributed by atoms with Crippen molar-refractivity contribution < 1.29 is 22.7 Å². The summed E-state index contributed by atoms with van der Waals surface area (Å²) >= 11 is 0. The minimum atomic E-state index is -2.98. The average molecular weight is 493 g/mol. The monoisotopic (exact) mass is 492 g/mol. The molecule has 0 aromatic heterocycles. The zero-order chi connectivity index (χ0) is 25.0. The highest BCUT2D eigenvalue weighted by molar-refractivity contribution is 7.90. The van der Waals surface area contributed by atoms with Gasteiger partial charge in [-0.3, -0.25) is 0 Å². The number of sulfone groups is 1. The van der Waals surface area contributed by atoms with Crippen molar-refractivity contribution in [2.24, 2.45) is 0 Å². The van der Waals surface area contributed by atoms with Crippen LogP contribution >= 0.6 is 0 Å². The first-order chi connectivity index (χ1) is 15.1. The SMILES string of the molecule is Cc1cc(OCCCS(C)(=O)=O)cc(C)c1-c1cccc([C@H](O)CO[Si](C)(C)C(C)(C)C)c1. The van der Waals surface area contributed by atoms with E-state index in [4.69, 9.17) is 9.16 Å². The van der Waals surface area contributed by atoms with Crippen LogP contribution in [0.25, 0.3) is 11.1 Å². The van der Waals surface area contributed by atoms with Gasteiger partial charge in [-0.1, -0.05) is 39.0 Å². The van der Waals surface area contributed by atoms with Gasteiger partial charge in [0.2, 0.25) is 0 Å². The second-order valence-corrected chi connectivity index (χ2v) is 17.5. The number of aliphatic hydroxyl groups excluding tert-OH is 1. The van der Waals surface area contributed by atoms with Crippen LogP contribution in [-0.2, 0) is 14.3 Å². The summed E-state index contributed by atoms with van der Waals surface area (Å²) in [6.45, 7) is 15.7. The highest BCUT2D eigenvalue weighted by Crippen LogP contribution is 2.37. The molecular weight excluding hydrogens is 452 g/mol. The smallest absolute Gasteiger partial charge is 0.192 e. The summed E-state index contributed by atoms with van der Waals surface area (Å²) < 4.78 is 34.6. The van der Waals surface area contributed by atoms with E-state index in [2.05, 4.69) is 33.9 Å². The first-order valence-electron chi connectivity index (χ1n) is 11.4. The van der Waals surface area contributed by atoms with Crippen molar-refractivity contribution in [3.05, 3.63) is 53.1 Å². The van der Waals surface area contributed by atoms with E-state index in [9.17, 15) is 13.5 Å². The van der Waals surface area contributed by atoms with Crippen LogP contribution in [0.15, 0.2) is 36.4 Å². The Labute approximate surface area is 201 Å². The molecule has 5 nitrogen and oxygen atoms in total. The quantitative estimate of drug-likeness (QED) is 0.333. The highest BCUT2D eigenvalue weighted by atomic mass is 32.2. The van der Waals surface area contributed by atoms with E-state index in [-0.39, 0.29) is 17.4 Å². The summed E-state index contributed by atoms with van der Waals surface area (Å²) in [5.74, 6) is 0.860. The number of hydrogen-bond acceptors (Lipinski definition) is 5. The third-order valence-electron chi connectivity index (χ3n) is 6.40. The molecule has 0 saturated heterocycles. The van der Waals surface area contributed by atoms with Gasteiger partial charge >= 0.3 is 0 Å². The van der Waals surface area contributed by atoms with E-state index in [1.807, 2.05) is 50.2 Å². The summed E-state index contributed by atoms with van der Waals surface area (Å²) in [4.78, 5) is 0. The zero-order valence-electron chi connectivity index (χ0n) is 21.4. The number of benzene rings is 2. The Balaban J connectivity index is 2.15. The van der Waals surface area contributed by atoms with Gasteiger partial charge in [0.05, 0.1) is 19.0 Å². The molecule has 2 aromatic rings. The van der Waals surface area contributed by atoms with E-state index in [1.54, 1.807) is 0 Å². The molecule has 0 saturated carbocycles. The fourth-order valence-electron chi connectivity index (χ4n) is 3.48. The third-order valence-corrected chi connectivity index (χ3v) is 11.9. The van der Waals surface area contributed by atoms with Crippen molar-refractivity contribution in [3.63, 3.8) is 0 Å². The van der Waals surface area contributed by atoms with Gasteiger partial charge in [0.25, 0.3) is 0 Å². The van der Waals surface area contributed by atoms with Crippen LogP contribution in [0.1, 0.15) is 50.0 Å². The predicted molar refractivity (Wildman–Crippen MR) is 139 cm³/mol. The van der Waals surface area contributed by atoms with Crippen LogP contribution < -0.4 is 4.74 Å². The molecule has 1 N–H and O–H groups in total. The number of aliphatic hydroxyl groups is 1. The minimum absolute atomic E-state index is 0.0946. The second kappa shape index (κ2) is 10.7. The lowest BCUT2D eigenvalue weighted by molar-refractivity contribution is 0.100. The normalized spacial score (nSPS) is 13.7. The van der Waals surface area contributed by atoms with Gasteiger partial charge in [0, 0.05) is 6.26 Å². The Hall–Kier alpha value is -1.67. The Morgan fingerprint density at radius 1 is 1.06 bits per heavy atom. The van der Waals surface area contributed by atoms with Crippen LogP contribution in [-0.4, -0.2) is 47.1 Å². The van der Waals surface area contributed by atoms with Crippen molar-refractivity contribution in [1.82, 2.24) is 0 Å². The Morgan fingerprint density at radius 3 is 2.21 bits per heavy atom. The molecule has 0 bridgehead atoms. The number of hydrogen-bond donors (Lipinski definition) is 1. The Bertz CT molecular complexity index is 1030. The molecule has 0 unspecified atom stereocenters. The molecule has 0 aliphatic rings. The van der Waals surface area contributed by atoms with Crippen LogP contribution in [0.5, 0.6) is 5.75 Å². The maximum Gasteiger partial charge on any atom is 0.192 e. The first kappa shape index (κ1) is 27.6. The van der Waals surface area contributed by atoms with Gasteiger partial charge in [-0.15, -0.1) is 0 Å². The fraction of sp³-hybridized carbons (Fsp3) is 0.538. The minimum Gasteiger partial charge on any atom is -0.494 e. The second-order valence-electron chi connectivity index (χ2n) is 10.5. The molecule has 0 aliphatic carbocycles. The highest BCUT2D eigenvalue weighted by Gasteiger charge is 2.37. The van der Waals surface area contributed by atoms with Gasteiger partial charge in [-0.05, 0) is 84.4 Å². The molecule has 2 rings (SSSR count). The van der Waals surface area contributed by atoms with Crippen LogP contribution in [0.2, 0.25) is 18.1 Å². The van der Waals surface area contributed by atoms with Crippen molar-refractivity contribution in [3.8, 4) is 16.9 Å². The van der Waals surface area contributed by atoms with Crippen molar-refractivity contribution >= 4 is 18.2 Å². The van der Waals surface area contributed by atoms with Crippen molar-refractivity contribution in [2.75, 3.05) is 25.2 Å². The molecule has 2 aromatic carbocycles. The molecule has 0 spiro atoms. The summed E-state index contributed by atoms with van der Waals surface area (Å²) in [5.41, 5.74) is 5.12. The molecule has 7 heteroatoms. The lowest BCUT2D eigenvalue weighted by Gasteiger charge is -2.36. The molecular formula is C26H40O5SSi. The van der Waals surface area contributed by atoms with E-state index >= 15 is 0 Å². The van der Waals surface area contributed by atoms with E-state index in [0.29, 0.717) is 13.0 Å². The molecule has 33 heavy (non-hydrogen) atoms. The van der Waals surface area contributed by atoms with Gasteiger partial charge in [0.15, 0.2) is 8.32 Å². The number of ether oxygens (including phenoxy) is 1. The summed E-state index contributed by atoms with van der Waals surface area (Å²) in [6, 6.07) is 11.9. The first-order valence-corrected chi connectivity index (χ1v) is 16.4. The van der Waals surface area contributed by atoms with Crippen molar-refractivity contribution in [2.45, 2.75) is 65.3 Å². The van der Waals surface area contributed by atoms with E-state index in [0.717, 1.165) is 33.6 Å². The van der Waals surface area contributed by atoms with Gasteiger partial charge in [-0.2, -0.15) is 0 Å². The Morgan fingerprint density at radius 2 is 1.67 bits per heavy atom. The average Bonchev–Trinajstić information content (AvgIpc) is 2.67. The zero-order valence-corrected chi connectivity index (χ0v) is 23.2. The summed E-state index contributed by atoms with van der Waals surface area (Å²) in [6.07, 6.45) is 1.02. The predicted octanol–water partition coefficient (Wildman–Crippen LogP) is 5.84. The van der Waals surface area contributed by atoms with Gasteiger partial charge in [-0.25, -0.2) is 8.42 Å². The largest absolute Gasteiger partial charge is 0.494 e. The molecule has 0 heterocycles. The summed E-state index contributed by atoms with van der Waals surface area (Å²) in [5, 5.41) is 10.9. The van der Waals surface area contributed by atoms with Crippen LogP contribution in [0.3, 0.4) is 0 Å². The molecule has 0 radical (unpaired) electrons. The number of rotatable bonds is 10. The van der Waals surface area contributed by atoms with Crippen molar-refractivity contribution in [1.29, 1.82) is 0 Å². The van der Waals surface area contributed by atoms with Crippen LogP contribution in [0.4, 0.5) is 0 Å². The standard InChI is InChI=1S/C26H40O5SSi/c1-19-15-23(30-13-10-14-32(6,28)29)16-20(2)25(19)22-12-9-11-21(17-22)24(27)18-31-33(7,8)26(3,4)5/h9,11-12,15-17,24,27H,10,13-14,18H2,1-8H3/t24-/m1/s1. The number of aryl methyl sites for hydroxylation is 2. The topological polar surface area (TPSA) is 72.8 Å². The maximum atomic E-state index is 11.3. The summed E-state index contributed by atoms with van der Waals surface area (Å²) in [7, 11) is -4.91. The van der Waals surface area contributed by atoms with Gasteiger partial charge in [0.1, 0.15) is 21.7 Å². The molecule has 0 amide bonds. The lowest BCUT2D eigenvalue weighted by atomic mass is 9.93. The van der Waals surface area contributed by atoms with E-state index in [1.165, 1.54) is 6.26 Å². The maximum absolute atomic E-state index is 11.3. The fourth-order valence-corrected chi connectivity index (χ4v) is 5.12. The molecule has 0 fully saturated rings. The third kappa shape index (κ3) is 7.95. The molecule has 1 atom stereocenters. The van der Waals surface area contributed by atoms with Gasteiger partial charge < -0.3 is 14.3 Å². The molecule has 184 valence electrons.